The molecule has 0 aromatic rings. The number of alkyl halides is 3. The second-order valence-corrected chi connectivity index (χ2v) is 11.8. The van der Waals surface area contributed by atoms with E-state index in [0.717, 1.165) is 32.1 Å². The second kappa shape index (κ2) is 6.94. The van der Waals surface area contributed by atoms with E-state index in [0.29, 0.717) is 30.0 Å². The van der Waals surface area contributed by atoms with Crippen molar-refractivity contribution in [3.8, 4) is 0 Å². The van der Waals surface area contributed by atoms with Crippen LogP contribution in [-0.4, -0.2) is 47.7 Å². The predicted octanol–water partition coefficient (Wildman–Crippen LogP) is 5.07. The number of ketones is 1. The van der Waals surface area contributed by atoms with Crippen LogP contribution in [0, 0.1) is 40.4 Å². The van der Waals surface area contributed by atoms with Crippen molar-refractivity contribution in [1.82, 2.24) is 4.90 Å². The third kappa shape index (κ3) is 3.02. The Hall–Kier alpha value is -0.620. The van der Waals surface area contributed by atoms with Gasteiger partial charge in [-0.1, -0.05) is 13.8 Å². The smallest absolute Gasteiger partial charge is 0.380 e. The van der Waals surface area contributed by atoms with Crippen LogP contribution >= 0.6 is 0 Å². The van der Waals surface area contributed by atoms with Gasteiger partial charge in [-0.05, 0) is 107 Å². The van der Waals surface area contributed by atoms with Gasteiger partial charge in [-0.25, -0.2) is 0 Å². The molecule has 3 nitrogen and oxygen atoms in total. The van der Waals surface area contributed by atoms with E-state index in [4.69, 9.17) is 0 Å². The van der Waals surface area contributed by atoms with Gasteiger partial charge in [0.1, 0.15) is 5.78 Å². The first-order chi connectivity index (χ1) is 13.7. The van der Waals surface area contributed by atoms with Crippen molar-refractivity contribution in [1.29, 1.82) is 0 Å². The quantitative estimate of drug-likeness (QED) is 0.666. The lowest BCUT2D eigenvalue weighted by Crippen LogP contribution is -2.64. The van der Waals surface area contributed by atoms with Crippen LogP contribution in [0.15, 0.2) is 0 Å². The normalized spacial score (nSPS) is 51.3. The zero-order valence-corrected chi connectivity index (χ0v) is 19.1. The van der Waals surface area contributed by atoms with Gasteiger partial charge in [-0.3, -0.25) is 4.79 Å². The largest absolute Gasteiger partial charge is 0.417 e. The Bertz CT molecular complexity index is 709. The van der Waals surface area contributed by atoms with Crippen LogP contribution in [0.4, 0.5) is 13.2 Å². The number of Topliss-reactive ketones (excluding diaryl/α,β-unsaturated/α-hetero) is 1. The highest BCUT2D eigenvalue weighted by Crippen LogP contribution is 2.69. The number of nitrogens with zero attached hydrogens (tertiary/aromatic N) is 1. The van der Waals surface area contributed by atoms with E-state index in [-0.39, 0.29) is 41.5 Å². The molecule has 1 N–H and O–H groups in total. The Morgan fingerprint density at radius 1 is 1.00 bits per heavy atom. The molecule has 9 atom stereocenters. The molecule has 4 saturated carbocycles. The molecule has 172 valence electrons. The fourth-order valence-electron chi connectivity index (χ4n) is 8.80. The van der Waals surface area contributed by atoms with Gasteiger partial charge in [0, 0.05) is 12.0 Å². The standard InChI is InChI=1S/C24H38F3NO2/c1-14(29)17-8-9-18-16-7-6-15-12-23(30,24(25,26)27)11-10-21(15,2)20(16)19(28(4)5)13-22(17,18)3/h15-20,30H,6-13H2,1-5H3/t15-,16+,17-,18+,19-,20-,21+,22-,23-/m1/s1. The van der Waals surface area contributed by atoms with E-state index in [9.17, 15) is 23.1 Å². The van der Waals surface area contributed by atoms with Crippen molar-refractivity contribution >= 4 is 5.78 Å². The molecular weight excluding hydrogens is 391 g/mol. The molecule has 0 unspecified atom stereocenters. The van der Waals surface area contributed by atoms with Gasteiger partial charge in [0.2, 0.25) is 0 Å². The molecule has 0 spiro atoms. The van der Waals surface area contributed by atoms with Crippen LogP contribution in [0.1, 0.15) is 72.1 Å². The molecule has 4 aliphatic carbocycles. The number of halogens is 3. The number of fused-ring (bicyclic) bond motifs is 5. The van der Waals surface area contributed by atoms with Crippen LogP contribution in [0.2, 0.25) is 0 Å². The van der Waals surface area contributed by atoms with Crippen molar-refractivity contribution < 1.29 is 23.1 Å². The lowest BCUT2D eigenvalue weighted by molar-refractivity contribution is -0.291. The fourth-order valence-corrected chi connectivity index (χ4v) is 8.80. The molecular formula is C24H38F3NO2. The molecule has 30 heavy (non-hydrogen) atoms. The Morgan fingerprint density at radius 2 is 1.67 bits per heavy atom. The number of carbonyl (C=O) groups excluding carboxylic acids is 1. The maximum absolute atomic E-state index is 13.6. The Labute approximate surface area is 178 Å². The number of hydrogen-bond acceptors (Lipinski definition) is 3. The van der Waals surface area contributed by atoms with Gasteiger partial charge in [-0.15, -0.1) is 0 Å². The zero-order chi connectivity index (χ0) is 22.3. The number of hydrogen-bond donors (Lipinski definition) is 1. The second-order valence-electron chi connectivity index (χ2n) is 11.8. The summed E-state index contributed by atoms with van der Waals surface area (Å²) in [4.78, 5) is 14.7. The number of rotatable bonds is 2. The minimum absolute atomic E-state index is 0.00743. The van der Waals surface area contributed by atoms with Crippen molar-refractivity contribution in [3.63, 3.8) is 0 Å². The molecule has 4 rings (SSSR count). The van der Waals surface area contributed by atoms with E-state index >= 15 is 0 Å². The summed E-state index contributed by atoms with van der Waals surface area (Å²) in [5, 5.41) is 10.4. The molecule has 0 saturated heterocycles. The van der Waals surface area contributed by atoms with Crippen molar-refractivity contribution in [2.24, 2.45) is 40.4 Å². The summed E-state index contributed by atoms with van der Waals surface area (Å²) in [5.41, 5.74) is -2.73. The number of aliphatic hydroxyl groups is 1. The minimum Gasteiger partial charge on any atom is -0.380 e. The van der Waals surface area contributed by atoms with Crippen molar-refractivity contribution in [2.75, 3.05) is 14.1 Å². The highest BCUT2D eigenvalue weighted by atomic mass is 19.4. The minimum atomic E-state index is -4.56. The third-order valence-electron chi connectivity index (χ3n) is 10.3. The van der Waals surface area contributed by atoms with E-state index < -0.39 is 11.8 Å². The summed E-state index contributed by atoms with van der Waals surface area (Å²) in [6.45, 7) is 6.24. The molecule has 0 radical (unpaired) electrons. The van der Waals surface area contributed by atoms with Crippen LogP contribution < -0.4 is 0 Å². The predicted molar refractivity (Wildman–Crippen MR) is 110 cm³/mol. The maximum Gasteiger partial charge on any atom is 0.417 e. The van der Waals surface area contributed by atoms with Gasteiger partial charge in [-0.2, -0.15) is 13.2 Å². The first kappa shape index (κ1) is 22.6. The van der Waals surface area contributed by atoms with Crippen molar-refractivity contribution in [3.05, 3.63) is 0 Å². The third-order valence-corrected chi connectivity index (χ3v) is 10.3. The lowest BCUT2D eigenvalue weighted by Gasteiger charge is -2.65. The molecule has 0 aromatic heterocycles. The van der Waals surface area contributed by atoms with Crippen LogP contribution in [0.5, 0.6) is 0 Å². The Balaban J connectivity index is 1.70. The monoisotopic (exact) mass is 429 g/mol. The highest BCUT2D eigenvalue weighted by Gasteiger charge is 2.67. The van der Waals surface area contributed by atoms with Gasteiger partial charge >= 0.3 is 6.18 Å². The van der Waals surface area contributed by atoms with E-state index in [1.54, 1.807) is 6.92 Å². The SMILES string of the molecule is CC(=O)[C@H]1CC[C@H]2[C@@H]3CC[C@@H]4C[C@@](O)(C(F)(F)F)CC[C@]4(C)[C@H]3[C@H](N(C)C)C[C@]12C. The Morgan fingerprint density at radius 3 is 2.23 bits per heavy atom. The molecule has 0 bridgehead atoms. The summed E-state index contributed by atoms with van der Waals surface area (Å²) in [6, 6.07) is 0.265. The Kier molecular flexibility index (Phi) is 5.22. The van der Waals surface area contributed by atoms with Crippen LogP contribution in [0.25, 0.3) is 0 Å². The van der Waals surface area contributed by atoms with Gasteiger partial charge in [0.05, 0.1) is 0 Å². The van der Waals surface area contributed by atoms with E-state index in [1.807, 2.05) is 0 Å². The van der Waals surface area contributed by atoms with Gasteiger partial charge in [0.25, 0.3) is 0 Å². The molecule has 4 fully saturated rings. The van der Waals surface area contributed by atoms with Gasteiger partial charge < -0.3 is 10.0 Å². The lowest BCUT2D eigenvalue weighted by atomic mass is 9.42. The summed E-state index contributed by atoms with van der Waals surface area (Å²) >= 11 is 0. The summed E-state index contributed by atoms with van der Waals surface area (Å²) in [6.07, 6.45) is 0.169. The maximum atomic E-state index is 13.6. The zero-order valence-electron chi connectivity index (χ0n) is 19.1. The molecule has 6 heteroatoms. The average molecular weight is 430 g/mol. The highest BCUT2D eigenvalue weighted by molar-refractivity contribution is 5.79. The molecule has 0 heterocycles. The summed E-state index contributed by atoms with van der Waals surface area (Å²) in [5.74, 6) is 1.57. The first-order valence-corrected chi connectivity index (χ1v) is 11.7. The molecule has 4 aliphatic rings. The fraction of sp³-hybridized carbons (Fsp3) is 0.958. The van der Waals surface area contributed by atoms with Crippen LogP contribution in [-0.2, 0) is 4.79 Å². The topological polar surface area (TPSA) is 40.5 Å². The molecule has 0 aliphatic heterocycles. The van der Waals surface area contributed by atoms with E-state index in [2.05, 4.69) is 32.8 Å². The summed E-state index contributed by atoms with van der Waals surface area (Å²) < 4.78 is 40.8. The summed E-state index contributed by atoms with van der Waals surface area (Å²) in [7, 11) is 4.18. The number of carbonyl (C=O) groups is 1. The van der Waals surface area contributed by atoms with Crippen molar-refractivity contribution in [2.45, 2.75) is 90.0 Å². The first-order valence-electron chi connectivity index (χ1n) is 11.7. The van der Waals surface area contributed by atoms with Gasteiger partial charge in [0.15, 0.2) is 5.60 Å². The average Bonchev–Trinajstić information content (AvgIpc) is 2.98. The van der Waals surface area contributed by atoms with Crippen LogP contribution in [0.3, 0.4) is 0 Å². The van der Waals surface area contributed by atoms with E-state index in [1.165, 1.54) is 0 Å². The molecule has 0 aromatic carbocycles. The molecule has 0 amide bonds.